The van der Waals surface area contributed by atoms with Crippen LogP contribution < -0.4 is 0 Å². The Morgan fingerprint density at radius 2 is 0.710 bits per heavy atom. The summed E-state index contributed by atoms with van der Waals surface area (Å²) in [5.41, 5.74) is 0. The third-order valence-electron chi connectivity index (χ3n) is 10.4. The summed E-state index contributed by atoms with van der Waals surface area (Å²) in [7, 11) is 0. The molecule has 0 fully saturated rings. The summed E-state index contributed by atoms with van der Waals surface area (Å²) < 4.78 is 16.7. The number of unbranched alkanes of at least 4 members (excludes halogenated alkanes) is 21. The fraction of sp³-hybridized carbons (Fsp3) is 0.661. The summed E-state index contributed by atoms with van der Waals surface area (Å²) >= 11 is 0. The van der Waals surface area contributed by atoms with Crippen LogP contribution >= 0.6 is 0 Å². The van der Waals surface area contributed by atoms with Crippen molar-refractivity contribution in [2.24, 2.45) is 0 Å². The van der Waals surface area contributed by atoms with Crippen molar-refractivity contribution in [1.82, 2.24) is 0 Å². The number of hydrogen-bond acceptors (Lipinski definition) is 6. The van der Waals surface area contributed by atoms with Gasteiger partial charge in [0.15, 0.2) is 6.10 Å². The second-order valence-electron chi connectivity index (χ2n) is 16.5. The van der Waals surface area contributed by atoms with Crippen LogP contribution in [0.25, 0.3) is 0 Å². The predicted octanol–water partition coefficient (Wildman–Crippen LogP) is 16.6. The van der Waals surface area contributed by atoms with Crippen molar-refractivity contribution in [2.75, 3.05) is 13.2 Å². The van der Waals surface area contributed by atoms with E-state index in [1.54, 1.807) is 0 Å². The van der Waals surface area contributed by atoms with Gasteiger partial charge in [0, 0.05) is 19.3 Å². The maximum atomic E-state index is 12.7. The Hall–Kier alpha value is -3.67. The minimum atomic E-state index is -0.824. The van der Waals surface area contributed by atoms with E-state index >= 15 is 0 Å². The van der Waals surface area contributed by atoms with Gasteiger partial charge in [-0.1, -0.05) is 214 Å². The summed E-state index contributed by atoms with van der Waals surface area (Å²) in [5, 5.41) is 0. The van der Waals surface area contributed by atoms with E-state index in [4.69, 9.17) is 14.2 Å². The summed E-state index contributed by atoms with van der Waals surface area (Å²) in [4.78, 5) is 37.9. The van der Waals surface area contributed by atoms with Gasteiger partial charge < -0.3 is 14.2 Å². The first-order valence-electron chi connectivity index (χ1n) is 25.3. The zero-order valence-corrected chi connectivity index (χ0v) is 40.1. The minimum absolute atomic E-state index is 0.117. The molecule has 6 heteroatoms. The van der Waals surface area contributed by atoms with Gasteiger partial charge in [0.25, 0.3) is 0 Å². The van der Waals surface area contributed by atoms with Crippen LogP contribution in [0, 0.1) is 0 Å². The molecule has 0 aliphatic heterocycles. The smallest absolute Gasteiger partial charge is 0.306 e. The van der Waals surface area contributed by atoms with Crippen molar-refractivity contribution in [2.45, 2.75) is 226 Å². The number of hydrogen-bond donors (Lipinski definition) is 0. The van der Waals surface area contributed by atoms with Crippen LogP contribution in [0.5, 0.6) is 0 Å². The van der Waals surface area contributed by atoms with Gasteiger partial charge in [-0.2, -0.15) is 0 Å². The molecule has 0 spiro atoms. The first-order valence-corrected chi connectivity index (χ1v) is 25.3. The Morgan fingerprint density at radius 3 is 1.19 bits per heavy atom. The van der Waals surface area contributed by atoms with Crippen molar-refractivity contribution in [1.29, 1.82) is 0 Å². The normalized spacial score (nSPS) is 12.9. The molecule has 1 unspecified atom stereocenters. The van der Waals surface area contributed by atoms with Gasteiger partial charge in [-0.15, -0.1) is 0 Å². The number of allylic oxidation sites excluding steroid dienone is 16. The molecule has 0 aromatic carbocycles. The number of esters is 3. The van der Waals surface area contributed by atoms with Crippen molar-refractivity contribution < 1.29 is 28.6 Å². The Morgan fingerprint density at radius 1 is 0.339 bits per heavy atom. The van der Waals surface area contributed by atoms with Crippen LogP contribution in [0.2, 0.25) is 0 Å². The topological polar surface area (TPSA) is 78.9 Å². The number of ether oxygens (including phenoxy) is 3. The minimum Gasteiger partial charge on any atom is -0.462 e. The van der Waals surface area contributed by atoms with Crippen molar-refractivity contribution in [3.63, 3.8) is 0 Å². The molecule has 0 aliphatic rings. The molecule has 0 N–H and O–H groups in total. The van der Waals surface area contributed by atoms with Crippen LogP contribution in [0.1, 0.15) is 220 Å². The lowest BCUT2D eigenvalue weighted by molar-refractivity contribution is -0.166. The molecule has 0 rings (SSSR count). The lowest BCUT2D eigenvalue weighted by Crippen LogP contribution is -2.30. The average Bonchev–Trinajstić information content (AvgIpc) is 3.27. The highest BCUT2D eigenvalue weighted by Gasteiger charge is 2.19. The second-order valence-corrected chi connectivity index (χ2v) is 16.5. The first kappa shape index (κ1) is 58.3. The fourth-order valence-corrected chi connectivity index (χ4v) is 6.58. The Kier molecular flexibility index (Phi) is 47.0. The first-order chi connectivity index (χ1) is 30.5. The monoisotopic (exact) mass is 861 g/mol. The third kappa shape index (κ3) is 47.4. The molecule has 0 radical (unpaired) electrons. The second kappa shape index (κ2) is 50.0. The Balaban J connectivity index is 4.53. The van der Waals surface area contributed by atoms with Crippen molar-refractivity contribution in [3.05, 3.63) is 97.2 Å². The molecule has 0 saturated carbocycles. The predicted molar refractivity (Wildman–Crippen MR) is 265 cm³/mol. The lowest BCUT2D eigenvalue weighted by Gasteiger charge is -2.18. The summed E-state index contributed by atoms with van der Waals surface area (Å²) in [5.74, 6) is -1.03. The van der Waals surface area contributed by atoms with Crippen molar-refractivity contribution >= 4 is 17.9 Å². The summed E-state index contributed by atoms with van der Waals surface area (Å²) in [6, 6.07) is 0. The molecule has 0 heterocycles. The lowest BCUT2D eigenvalue weighted by atomic mass is 10.1. The van der Waals surface area contributed by atoms with E-state index in [2.05, 4.69) is 75.5 Å². The summed E-state index contributed by atoms with van der Waals surface area (Å²) in [6.07, 6.45) is 65.4. The molecule has 0 aromatic heterocycles. The van der Waals surface area contributed by atoms with Gasteiger partial charge in [0.2, 0.25) is 0 Å². The molecule has 6 nitrogen and oxygen atoms in total. The maximum absolute atomic E-state index is 12.7. The molecule has 0 amide bonds. The van der Waals surface area contributed by atoms with Gasteiger partial charge in [-0.3, -0.25) is 14.4 Å². The van der Waals surface area contributed by atoms with E-state index in [1.807, 2.05) is 42.5 Å². The van der Waals surface area contributed by atoms with Crippen molar-refractivity contribution in [3.8, 4) is 0 Å². The SMILES string of the molecule is CCC\C=C/C=C\C=C/C=C\C=C/CCCCCCCC(=O)OCC(COC(=O)CCCCC/C=C\CCCCCCCC)OC(=O)CC/C=C\C/C=C\CCCCCCCC. The van der Waals surface area contributed by atoms with Gasteiger partial charge in [0.1, 0.15) is 13.2 Å². The van der Waals surface area contributed by atoms with E-state index in [0.717, 1.165) is 89.9 Å². The van der Waals surface area contributed by atoms with Gasteiger partial charge >= 0.3 is 17.9 Å². The van der Waals surface area contributed by atoms with Crippen LogP contribution in [0.15, 0.2) is 97.2 Å². The maximum Gasteiger partial charge on any atom is 0.306 e. The highest BCUT2D eigenvalue weighted by molar-refractivity contribution is 5.71. The molecular formula is C56H92O6. The van der Waals surface area contributed by atoms with Crippen LogP contribution in [-0.2, 0) is 28.6 Å². The third-order valence-corrected chi connectivity index (χ3v) is 10.4. The molecule has 62 heavy (non-hydrogen) atoms. The number of carbonyl (C=O) groups excluding carboxylic acids is 3. The van der Waals surface area contributed by atoms with Crippen LogP contribution in [0.3, 0.4) is 0 Å². The fourth-order valence-electron chi connectivity index (χ4n) is 6.58. The van der Waals surface area contributed by atoms with Gasteiger partial charge in [-0.25, -0.2) is 0 Å². The zero-order valence-electron chi connectivity index (χ0n) is 40.1. The van der Waals surface area contributed by atoms with E-state index in [1.165, 1.54) is 83.5 Å². The zero-order chi connectivity index (χ0) is 45.1. The number of rotatable bonds is 44. The van der Waals surface area contributed by atoms with Gasteiger partial charge in [0.05, 0.1) is 0 Å². The van der Waals surface area contributed by atoms with Gasteiger partial charge in [-0.05, 0) is 83.5 Å². The molecule has 0 bridgehead atoms. The largest absolute Gasteiger partial charge is 0.462 e. The molecule has 1 atom stereocenters. The highest BCUT2D eigenvalue weighted by atomic mass is 16.6. The quantitative estimate of drug-likeness (QED) is 0.0200. The average molecular weight is 861 g/mol. The molecule has 0 saturated heterocycles. The highest BCUT2D eigenvalue weighted by Crippen LogP contribution is 2.12. The molecule has 0 aromatic rings. The number of carbonyl (C=O) groups is 3. The Labute approximate surface area is 381 Å². The van der Waals surface area contributed by atoms with E-state index in [9.17, 15) is 14.4 Å². The van der Waals surface area contributed by atoms with Crippen LogP contribution in [-0.4, -0.2) is 37.2 Å². The molecule has 352 valence electrons. The summed E-state index contributed by atoms with van der Waals surface area (Å²) in [6.45, 7) is 6.43. The van der Waals surface area contributed by atoms with E-state index < -0.39 is 12.1 Å². The standard InChI is InChI=1S/C56H92O6/c1-4-7-10-13-16-19-22-25-26-27-28-29-32-34-37-40-43-46-49-55(58)61-52-53(62-56(59)50-47-44-41-38-35-31-24-21-18-15-12-9-6-3)51-60-54(57)48-45-42-39-36-33-30-23-20-17-14-11-8-5-2/h10,13,16,19,22,25-31,33,35,41,44,53H,4-9,11-12,14-15,17-18,20-21,23-24,32,34,36-40,42-43,45-52H2,1-3H3/b13-10-,19-16-,25-22-,27-26-,29-28-,33-30-,35-31-,44-41-. The Bertz CT molecular complexity index is 1260. The molecule has 0 aliphatic carbocycles. The van der Waals surface area contributed by atoms with E-state index in [0.29, 0.717) is 19.3 Å². The molecular weight excluding hydrogens is 769 g/mol. The van der Waals surface area contributed by atoms with Crippen LogP contribution in [0.4, 0.5) is 0 Å². The van der Waals surface area contributed by atoms with E-state index in [-0.39, 0.29) is 31.6 Å².